The van der Waals surface area contributed by atoms with Gasteiger partial charge in [0.15, 0.2) is 0 Å². The summed E-state index contributed by atoms with van der Waals surface area (Å²) >= 11 is 0. The number of ether oxygens (including phenoxy) is 1. The highest BCUT2D eigenvalue weighted by Crippen LogP contribution is 2.65. The zero-order valence-corrected chi connectivity index (χ0v) is 19.1. The second-order valence-corrected chi connectivity index (χ2v) is 9.70. The first-order valence-electron chi connectivity index (χ1n) is 10.0. The molecule has 1 aromatic rings. The van der Waals surface area contributed by atoms with Gasteiger partial charge in [-0.05, 0) is 25.0 Å². The predicted octanol–water partition coefficient (Wildman–Crippen LogP) is 7.56. The number of hydrogen-bond acceptors (Lipinski definition) is 2. The molecule has 226 valence electrons. The molecule has 1 aliphatic heterocycles. The van der Waals surface area contributed by atoms with E-state index in [0.29, 0.717) is 0 Å². The van der Waals surface area contributed by atoms with Gasteiger partial charge in [0.2, 0.25) is 0 Å². The SMILES string of the molecule is O=S(c1ccccc1)C1OCCCC1C(F)(F)C(F)(F)C(F)(F)C(F)(F)C(F)(F)C(F)(F)C(F)(F)C(F)(F)F. The van der Waals surface area contributed by atoms with E-state index in [0.717, 1.165) is 24.3 Å². The highest BCUT2D eigenvalue weighted by molar-refractivity contribution is 7.85. The van der Waals surface area contributed by atoms with Crippen molar-refractivity contribution in [1.82, 2.24) is 0 Å². The molecule has 0 amide bonds. The van der Waals surface area contributed by atoms with Crippen LogP contribution in [-0.2, 0) is 15.5 Å². The second kappa shape index (κ2) is 9.90. The zero-order chi connectivity index (χ0) is 30.7. The van der Waals surface area contributed by atoms with Crippen LogP contribution in [0.3, 0.4) is 0 Å². The van der Waals surface area contributed by atoms with E-state index in [-0.39, 0.29) is 0 Å². The molecule has 3 atom stereocenters. The van der Waals surface area contributed by atoms with Crippen molar-refractivity contribution in [2.24, 2.45) is 5.92 Å². The summed E-state index contributed by atoms with van der Waals surface area (Å²) < 4.78 is 248. The molecule has 0 radical (unpaired) electrons. The normalized spacial score (nSPS) is 22.1. The van der Waals surface area contributed by atoms with Gasteiger partial charge < -0.3 is 4.74 Å². The largest absolute Gasteiger partial charge is 0.460 e. The van der Waals surface area contributed by atoms with Gasteiger partial charge >= 0.3 is 47.6 Å². The molecule has 1 aliphatic rings. The van der Waals surface area contributed by atoms with Gasteiger partial charge in [0.25, 0.3) is 0 Å². The molecule has 1 fully saturated rings. The maximum absolute atomic E-state index is 14.8. The van der Waals surface area contributed by atoms with Crippen molar-refractivity contribution in [3.8, 4) is 0 Å². The van der Waals surface area contributed by atoms with Crippen molar-refractivity contribution in [2.45, 2.75) is 70.8 Å². The molecule has 39 heavy (non-hydrogen) atoms. The first-order chi connectivity index (χ1) is 17.2. The van der Waals surface area contributed by atoms with Crippen LogP contribution in [0.25, 0.3) is 0 Å². The quantitative estimate of drug-likeness (QED) is 0.264. The Morgan fingerprint density at radius 1 is 0.615 bits per heavy atom. The van der Waals surface area contributed by atoms with E-state index in [1.165, 1.54) is 6.07 Å². The van der Waals surface area contributed by atoms with Crippen LogP contribution in [0.1, 0.15) is 12.8 Å². The van der Waals surface area contributed by atoms with Crippen molar-refractivity contribution >= 4 is 10.8 Å². The molecule has 0 saturated carbocycles. The molecular weight excluding hydrogens is 615 g/mol. The molecule has 0 N–H and O–H groups in total. The fraction of sp³-hybridized carbons (Fsp3) is 0.684. The minimum Gasteiger partial charge on any atom is -0.364 e. The summed E-state index contributed by atoms with van der Waals surface area (Å²) in [6.07, 6.45) is -9.90. The number of hydrogen-bond donors (Lipinski definition) is 0. The average molecular weight is 628 g/mol. The first kappa shape index (κ1) is 33.3. The molecule has 0 aromatic heterocycles. The molecule has 3 unspecified atom stereocenters. The lowest BCUT2D eigenvalue weighted by Gasteiger charge is -2.45. The molecule has 0 spiro atoms. The maximum atomic E-state index is 14.8. The minimum atomic E-state index is -8.70. The zero-order valence-electron chi connectivity index (χ0n) is 18.3. The van der Waals surface area contributed by atoms with Crippen LogP contribution < -0.4 is 0 Å². The molecule has 1 saturated heterocycles. The number of rotatable bonds is 9. The van der Waals surface area contributed by atoms with Crippen molar-refractivity contribution in [3.63, 3.8) is 0 Å². The van der Waals surface area contributed by atoms with Gasteiger partial charge in [0.1, 0.15) is 5.44 Å². The molecule has 1 aromatic carbocycles. The Kier molecular flexibility index (Phi) is 8.46. The average Bonchev–Trinajstić information content (AvgIpc) is 2.82. The van der Waals surface area contributed by atoms with Gasteiger partial charge in [0.05, 0.1) is 16.7 Å². The Bertz CT molecular complexity index is 1040. The Morgan fingerprint density at radius 3 is 1.46 bits per heavy atom. The predicted molar refractivity (Wildman–Crippen MR) is 96.0 cm³/mol. The van der Waals surface area contributed by atoms with Crippen LogP contribution >= 0.6 is 0 Å². The lowest BCUT2D eigenvalue weighted by molar-refractivity contribution is -0.464. The highest BCUT2D eigenvalue weighted by atomic mass is 32.2. The van der Waals surface area contributed by atoms with Crippen LogP contribution in [0.2, 0.25) is 0 Å². The van der Waals surface area contributed by atoms with Crippen molar-refractivity contribution in [2.75, 3.05) is 6.61 Å². The van der Waals surface area contributed by atoms with Crippen LogP contribution in [0, 0.1) is 5.92 Å². The molecular formula is C19H13F17O2S. The second-order valence-electron chi connectivity index (χ2n) is 8.17. The number of benzene rings is 1. The topological polar surface area (TPSA) is 26.3 Å². The Morgan fingerprint density at radius 2 is 1.03 bits per heavy atom. The molecule has 1 heterocycles. The smallest absolute Gasteiger partial charge is 0.364 e. The van der Waals surface area contributed by atoms with E-state index in [4.69, 9.17) is 0 Å². The summed E-state index contributed by atoms with van der Waals surface area (Å²) in [7, 11) is -2.94. The first-order valence-corrected chi connectivity index (χ1v) is 11.2. The third-order valence-electron chi connectivity index (χ3n) is 5.67. The Labute approximate surface area is 208 Å². The summed E-state index contributed by atoms with van der Waals surface area (Å²) in [6, 6.07) is 5.42. The van der Waals surface area contributed by atoms with Crippen LogP contribution in [0.15, 0.2) is 35.2 Å². The summed E-state index contributed by atoms with van der Waals surface area (Å²) in [6.45, 7) is -0.634. The fourth-order valence-corrected chi connectivity index (χ4v) is 4.93. The van der Waals surface area contributed by atoms with Gasteiger partial charge in [-0.25, -0.2) is 0 Å². The molecule has 0 aliphatic carbocycles. The summed E-state index contributed by atoms with van der Waals surface area (Å²) in [5.74, 6) is -60.5. The van der Waals surface area contributed by atoms with E-state index < -0.39 is 94.1 Å². The van der Waals surface area contributed by atoms with E-state index in [1.54, 1.807) is 0 Å². The van der Waals surface area contributed by atoms with Crippen molar-refractivity contribution < 1.29 is 83.6 Å². The summed E-state index contributed by atoms with van der Waals surface area (Å²) in [4.78, 5) is -0.453. The van der Waals surface area contributed by atoms with E-state index in [1.807, 2.05) is 0 Å². The van der Waals surface area contributed by atoms with Crippen molar-refractivity contribution in [3.05, 3.63) is 30.3 Å². The molecule has 2 rings (SSSR count). The number of alkyl halides is 17. The number of halogens is 17. The minimum absolute atomic E-state index is 0.453. The summed E-state index contributed by atoms with van der Waals surface area (Å²) in [5.41, 5.74) is -2.71. The van der Waals surface area contributed by atoms with Crippen LogP contribution in [-0.4, -0.2) is 63.9 Å². The molecule has 2 nitrogen and oxygen atoms in total. The maximum Gasteiger partial charge on any atom is 0.460 e. The van der Waals surface area contributed by atoms with Gasteiger partial charge in [-0.15, -0.1) is 0 Å². The van der Waals surface area contributed by atoms with E-state index in [2.05, 4.69) is 4.74 Å². The highest BCUT2D eigenvalue weighted by Gasteiger charge is 2.95. The lowest BCUT2D eigenvalue weighted by atomic mass is 9.83. The van der Waals surface area contributed by atoms with Gasteiger partial charge in [-0.1, -0.05) is 18.2 Å². The van der Waals surface area contributed by atoms with Gasteiger partial charge in [-0.3, -0.25) is 4.21 Å². The van der Waals surface area contributed by atoms with Gasteiger partial charge in [-0.2, -0.15) is 74.6 Å². The Balaban J connectivity index is 2.61. The van der Waals surface area contributed by atoms with Crippen LogP contribution in [0.5, 0.6) is 0 Å². The van der Waals surface area contributed by atoms with Crippen molar-refractivity contribution in [1.29, 1.82) is 0 Å². The van der Waals surface area contributed by atoms with E-state index >= 15 is 0 Å². The monoisotopic (exact) mass is 628 g/mol. The molecule has 20 heteroatoms. The lowest BCUT2D eigenvalue weighted by Crippen LogP contribution is -2.75. The van der Waals surface area contributed by atoms with Crippen LogP contribution in [0.4, 0.5) is 74.6 Å². The molecule has 0 bridgehead atoms. The van der Waals surface area contributed by atoms with E-state index in [9.17, 15) is 78.8 Å². The fourth-order valence-electron chi connectivity index (χ4n) is 3.42. The summed E-state index contributed by atoms with van der Waals surface area (Å²) in [5, 5.41) is 0. The third-order valence-corrected chi connectivity index (χ3v) is 7.29. The third kappa shape index (κ3) is 4.75. The standard InChI is InChI=1S/C19H13F17O2S/c20-12(21,10-7-4-8-38-11(10)39(37)9-5-2-1-3-6-9)13(22,23)14(24,25)15(26,27)16(28,29)17(30,31)18(32,33)19(34,35)36/h1-3,5-6,10-11H,4,7-8H2. The van der Waals surface area contributed by atoms with Gasteiger partial charge in [0, 0.05) is 11.5 Å². The Hall–Kier alpha value is -1.86.